The summed E-state index contributed by atoms with van der Waals surface area (Å²) < 4.78 is 0. The quantitative estimate of drug-likeness (QED) is 0.483. The lowest BCUT2D eigenvalue weighted by atomic mass is 10.0. The van der Waals surface area contributed by atoms with Crippen molar-refractivity contribution in [2.24, 2.45) is 5.92 Å². The molecule has 0 nitrogen and oxygen atoms in total. The van der Waals surface area contributed by atoms with Crippen molar-refractivity contribution in [3.05, 3.63) is 6.42 Å². The van der Waals surface area contributed by atoms with Crippen molar-refractivity contribution in [3.8, 4) is 0 Å². The Morgan fingerprint density at radius 1 is 1.00 bits per heavy atom. The monoisotopic (exact) mass is 155 g/mol. The normalized spacial score (nSPS) is 10.9. The molecule has 0 aromatic heterocycles. The maximum absolute atomic E-state index is 2.31. The molecule has 1 radical (unpaired) electrons. The predicted octanol–water partition coefficient (Wildman–Crippen LogP) is 4.21. The largest absolute Gasteiger partial charge is 0.0628 e. The third-order valence-electron chi connectivity index (χ3n) is 2.02. The predicted molar refractivity (Wildman–Crippen MR) is 52.5 cm³/mol. The van der Waals surface area contributed by atoms with Crippen molar-refractivity contribution >= 4 is 0 Å². The molecule has 0 aliphatic carbocycles. The van der Waals surface area contributed by atoms with Gasteiger partial charge in [0.25, 0.3) is 0 Å². The van der Waals surface area contributed by atoms with Crippen molar-refractivity contribution in [3.63, 3.8) is 0 Å². The number of unbranched alkanes of at least 4 members (excludes halogenated alkanes) is 5. The first-order valence-corrected chi connectivity index (χ1v) is 5.05. The van der Waals surface area contributed by atoms with E-state index in [1.54, 1.807) is 0 Å². The van der Waals surface area contributed by atoms with Gasteiger partial charge in [-0.15, -0.1) is 0 Å². The van der Waals surface area contributed by atoms with Crippen molar-refractivity contribution < 1.29 is 0 Å². The molecule has 0 aliphatic rings. The van der Waals surface area contributed by atoms with E-state index < -0.39 is 0 Å². The van der Waals surface area contributed by atoms with Crippen LogP contribution in [0.5, 0.6) is 0 Å². The lowest BCUT2D eigenvalue weighted by Crippen LogP contribution is -1.86. The second-order valence-electron chi connectivity index (χ2n) is 3.79. The zero-order valence-corrected chi connectivity index (χ0v) is 8.40. The van der Waals surface area contributed by atoms with Crippen LogP contribution in [0, 0.1) is 12.3 Å². The summed E-state index contributed by atoms with van der Waals surface area (Å²) in [5.41, 5.74) is 0. The Morgan fingerprint density at radius 2 is 1.64 bits per heavy atom. The third kappa shape index (κ3) is 10.0. The molecule has 0 heteroatoms. The Hall–Kier alpha value is 0. The Kier molecular flexibility index (Phi) is 8.10. The molecule has 0 spiro atoms. The van der Waals surface area contributed by atoms with Crippen molar-refractivity contribution in [2.75, 3.05) is 0 Å². The average molecular weight is 155 g/mol. The Morgan fingerprint density at radius 3 is 2.18 bits per heavy atom. The molecule has 0 atom stereocenters. The SMILES string of the molecule is C[CH]CCCCCCC(C)C. The average Bonchev–Trinajstić information content (AvgIpc) is 1.96. The first-order chi connectivity index (χ1) is 5.27. The summed E-state index contributed by atoms with van der Waals surface area (Å²) in [6.07, 6.45) is 10.7. The Labute approximate surface area is 72.4 Å². The molecule has 67 valence electrons. The number of hydrogen-bond donors (Lipinski definition) is 0. The molecule has 0 N–H and O–H groups in total. The van der Waals surface area contributed by atoms with E-state index in [1.807, 2.05) is 0 Å². The van der Waals surface area contributed by atoms with Gasteiger partial charge in [0.15, 0.2) is 0 Å². The molecular formula is C11H23. The van der Waals surface area contributed by atoms with Crippen LogP contribution in [-0.4, -0.2) is 0 Å². The molecule has 0 bridgehead atoms. The van der Waals surface area contributed by atoms with Gasteiger partial charge in [-0.3, -0.25) is 0 Å². The van der Waals surface area contributed by atoms with Crippen LogP contribution in [-0.2, 0) is 0 Å². The number of rotatable bonds is 7. The van der Waals surface area contributed by atoms with Gasteiger partial charge >= 0.3 is 0 Å². The lowest BCUT2D eigenvalue weighted by Gasteiger charge is -2.03. The van der Waals surface area contributed by atoms with Crippen LogP contribution in [0.4, 0.5) is 0 Å². The fraction of sp³-hybridized carbons (Fsp3) is 0.909. The summed E-state index contributed by atoms with van der Waals surface area (Å²) in [5.74, 6) is 0.896. The standard InChI is InChI=1S/C11H23/c1-4-5-6-7-8-9-10-11(2)3/h4,11H,5-10H2,1-3H3. The highest BCUT2D eigenvalue weighted by Gasteiger charge is 1.93. The van der Waals surface area contributed by atoms with Crippen LogP contribution in [0.25, 0.3) is 0 Å². The highest BCUT2D eigenvalue weighted by Crippen LogP contribution is 2.10. The molecule has 0 rings (SSSR count). The highest BCUT2D eigenvalue weighted by atomic mass is 14.0. The van der Waals surface area contributed by atoms with Crippen LogP contribution in [0.2, 0.25) is 0 Å². The van der Waals surface area contributed by atoms with E-state index in [0.717, 1.165) is 5.92 Å². The molecule has 0 heterocycles. The second kappa shape index (κ2) is 8.10. The molecule has 0 aliphatic heterocycles. The van der Waals surface area contributed by atoms with Crippen molar-refractivity contribution in [1.82, 2.24) is 0 Å². The summed E-state index contributed by atoms with van der Waals surface area (Å²) in [5, 5.41) is 0. The van der Waals surface area contributed by atoms with Crippen LogP contribution in [0.15, 0.2) is 0 Å². The van der Waals surface area contributed by atoms with Gasteiger partial charge in [-0.05, 0) is 12.3 Å². The van der Waals surface area contributed by atoms with Gasteiger partial charge in [-0.2, -0.15) is 0 Å². The van der Waals surface area contributed by atoms with Gasteiger partial charge in [0.2, 0.25) is 0 Å². The summed E-state index contributed by atoms with van der Waals surface area (Å²) >= 11 is 0. The maximum Gasteiger partial charge on any atom is -0.0417 e. The zero-order chi connectivity index (χ0) is 8.53. The third-order valence-corrected chi connectivity index (χ3v) is 2.02. The van der Waals surface area contributed by atoms with Gasteiger partial charge in [0.1, 0.15) is 0 Å². The first-order valence-electron chi connectivity index (χ1n) is 5.05. The topological polar surface area (TPSA) is 0 Å². The minimum Gasteiger partial charge on any atom is -0.0628 e. The first kappa shape index (κ1) is 11.0. The molecule has 0 saturated heterocycles. The van der Waals surface area contributed by atoms with E-state index in [9.17, 15) is 0 Å². The molecule has 0 aromatic rings. The van der Waals surface area contributed by atoms with Crippen molar-refractivity contribution in [1.29, 1.82) is 0 Å². The smallest absolute Gasteiger partial charge is 0.0417 e. The molecular weight excluding hydrogens is 132 g/mol. The second-order valence-corrected chi connectivity index (χ2v) is 3.79. The fourth-order valence-electron chi connectivity index (χ4n) is 1.25. The van der Waals surface area contributed by atoms with Gasteiger partial charge in [0.05, 0.1) is 0 Å². The zero-order valence-electron chi connectivity index (χ0n) is 8.40. The molecule has 0 amide bonds. The highest BCUT2D eigenvalue weighted by molar-refractivity contribution is 4.55. The fourth-order valence-corrected chi connectivity index (χ4v) is 1.25. The summed E-state index contributed by atoms with van der Waals surface area (Å²) in [4.78, 5) is 0. The van der Waals surface area contributed by atoms with Gasteiger partial charge in [-0.25, -0.2) is 0 Å². The maximum atomic E-state index is 2.31. The molecule has 0 fully saturated rings. The van der Waals surface area contributed by atoms with Gasteiger partial charge in [-0.1, -0.05) is 59.3 Å². The van der Waals surface area contributed by atoms with Crippen LogP contribution in [0.3, 0.4) is 0 Å². The van der Waals surface area contributed by atoms with Crippen LogP contribution < -0.4 is 0 Å². The van der Waals surface area contributed by atoms with Gasteiger partial charge in [0, 0.05) is 0 Å². The minimum absolute atomic E-state index is 0.896. The minimum atomic E-state index is 0.896. The van der Waals surface area contributed by atoms with Crippen LogP contribution >= 0.6 is 0 Å². The van der Waals surface area contributed by atoms with E-state index in [2.05, 4.69) is 27.2 Å². The lowest BCUT2D eigenvalue weighted by molar-refractivity contribution is 0.519. The number of hydrogen-bond acceptors (Lipinski definition) is 0. The van der Waals surface area contributed by atoms with Crippen molar-refractivity contribution in [2.45, 2.75) is 59.3 Å². The van der Waals surface area contributed by atoms with E-state index in [0.29, 0.717) is 0 Å². The van der Waals surface area contributed by atoms with E-state index in [-0.39, 0.29) is 0 Å². The molecule has 11 heavy (non-hydrogen) atoms. The Bertz CT molecular complexity index is 64.4. The van der Waals surface area contributed by atoms with Crippen LogP contribution in [0.1, 0.15) is 59.3 Å². The molecule has 0 aromatic carbocycles. The summed E-state index contributed by atoms with van der Waals surface area (Å²) in [6.45, 7) is 6.76. The van der Waals surface area contributed by atoms with E-state index in [4.69, 9.17) is 0 Å². The molecule has 0 unspecified atom stereocenters. The molecule has 0 saturated carbocycles. The Balaban J connectivity index is 2.80. The van der Waals surface area contributed by atoms with E-state index >= 15 is 0 Å². The van der Waals surface area contributed by atoms with Gasteiger partial charge < -0.3 is 0 Å². The summed E-state index contributed by atoms with van der Waals surface area (Å²) in [6, 6.07) is 0. The van der Waals surface area contributed by atoms with E-state index in [1.165, 1.54) is 38.5 Å². The summed E-state index contributed by atoms with van der Waals surface area (Å²) in [7, 11) is 0.